The Morgan fingerprint density at radius 3 is 1.75 bits per heavy atom. The van der Waals surface area contributed by atoms with E-state index in [1.807, 2.05) is 6.92 Å². The molecule has 0 rings (SSSR count). The Hall–Kier alpha value is -0.960. The molecule has 0 aromatic rings. The van der Waals surface area contributed by atoms with Crippen molar-refractivity contribution < 1.29 is 21.9 Å². The van der Waals surface area contributed by atoms with Crippen molar-refractivity contribution in [1.82, 2.24) is 4.90 Å². The van der Waals surface area contributed by atoms with Gasteiger partial charge in [-0.1, -0.05) is 26.8 Å². The maximum Gasteiger partial charge on any atom is 0.397 e. The van der Waals surface area contributed by atoms with Crippen LogP contribution in [-0.4, -0.2) is 51.0 Å². The first kappa shape index (κ1) is 24.1. The number of amides is 1. The minimum absolute atomic E-state index is 0.0289. The molecule has 0 radical (unpaired) electrons. The van der Waals surface area contributed by atoms with Gasteiger partial charge in [-0.05, 0) is 34.0 Å². The van der Waals surface area contributed by atoms with Gasteiger partial charge in [0.2, 0.25) is 5.91 Å². The highest BCUT2D eigenvalue weighted by Crippen LogP contribution is 1.98. The minimum Gasteiger partial charge on any atom is -0.366 e. The Kier molecular flexibility index (Phi) is 17.4. The summed E-state index contributed by atoms with van der Waals surface area (Å²) >= 11 is 0. The molecule has 0 saturated carbocycles. The molecule has 0 fully saturated rings. The van der Waals surface area contributed by atoms with E-state index >= 15 is 0 Å². The number of nitrogens with two attached hydrogens (primary N) is 1. The van der Waals surface area contributed by atoms with E-state index in [9.17, 15) is 13.2 Å². The summed E-state index contributed by atoms with van der Waals surface area (Å²) in [6.45, 7) is 10.2. The van der Waals surface area contributed by atoms with Crippen molar-refractivity contribution in [2.24, 2.45) is 5.73 Å². The number of primary amides is 1. The Morgan fingerprint density at radius 1 is 1.30 bits per heavy atom. The molecule has 0 aliphatic carbocycles. The molecule has 0 aromatic heterocycles. The van der Waals surface area contributed by atoms with Crippen LogP contribution in [-0.2, 0) is 19.4 Å². The highest BCUT2D eigenvalue weighted by atomic mass is 32.3. The van der Waals surface area contributed by atoms with Crippen molar-refractivity contribution in [3.63, 3.8) is 0 Å². The van der Waals surface area contributed by atoms with E-state index in [0.29, 0.717) is 5.57 Å². The third-order valence-corrected chi connectivity index (χ3v) is 2.33. The van der Waals surface area contributed by atoms with Crippen LogP contribution in [0.15, 0.2) is 12.2 Å². The average Bonchev–Trinajstić information content (AvgIpc) is 2.29. The fraction of sp³-hybridized carbons (Fsp3) is 0.750. The van der Waals surface area contributed by atoms with Crippen molar-refractivity contribution in [3.05, 3.63) is 12.2 Å². The number of hydrogen-bond acceptors (Lipinski definition) is 5. The van der Waals surface area contributed by atoms with E-state index in [-0.39, 0.29) is 12.5 Å². The minimum atomic E-state index is -4.17. The summed E-state index contributed by atoms with van der Waals surface area (Å²) in [6.07, 6.45) is 1.65. The molecule has 0 unspecified atom stereocenters. The second-order valence-electron chi connectivity index (χ2n) is 3.95. The van der Waals surface area contributed by atoms with Crippen molar-refractivity contribution in [2.75, 3.05) is 27.2 Å². The molecule has 1 amide bonds. The third-order valence-electron chi connectivity index (χ3n) is 1.80. The third kappa shape index (κ3) is 30.2. The summed E-state index contributed by atoms with van der Waals surface area (Å²) in [4.78, 5) is 12.3. The lowest BCUT2D eigenvalue weighted by atomic mass is 10.2. The van der Waals surface area contributed by atoms with Gasteiger partial charge in [-0.15, -0.1) is 0 Å². The fourth-order valence-corrected chi connectivity index (χ4v) is 0.872. The highest BCUT2D eigenvalue weighted by molar-refractivity contribution is 7.80. The number of nitrogens with zero attached hydrogens (tertiary/aromatic N) is 1. The van der Waals surface area contributed by atoms with Crippen molar-refractivity contribution in [3.8, 4) is 0 Å². The van der Waals surface area contributed by atoms with E-state index in [1.165, 1.54) is 6.92 Å². The summed E-state index contributed by atoms with van der Waals surface area (Å²) in [6, 6.07) is 0. The first-order valence-corrected chi connectivity index (χ1v) is 7.62. The molecule has 0 heterocycles. The molecule has 0 spiro atoms. The zero-order valence-electron chi connectivity index (χ0n) is 13.0. The van der Waals surface area contributed by atoms with Gasteiger partial charge in [0.05, 0.1) is 6.61 Å². The second-order valence-corrected chi connectivity index (χ2v) is 5.04. The largest absolute Gasteiger partial charge is 0.397 e. The molecular formula is C12H28N2O5S. The summed E-state index contributed by atoms with van der Waals surface area (Å²) in [5.74, 6) is -0.383. The molecule has 7 nitrogen and oxygen atoms in total. The van der Waals surface area contributed by atoms with Crippen LogP contribution >= 0.6 is 0 Å². The SMILES string of the molecule is C=C(CCC)C(N)=O.CCN(C)C.CCOS(=O)(=O)O. The van der Waals surface area contributed by atoms with Gasteiger partial charge in [-0.3, -0.25) is 9.35 Å². The number of carbonyl (C=O) groups is 1. The Balaban J connectivity index is -0.000000223. The number of hydrogen-bond donors (Lipinski definition) is 2. The van der Waals surface area contributed by atoms with Crippen LogP contribution in [0.4, 0.5) is 0 Å². The predicted octanol–water partition coefficient (Wildman–Crippen LogP) is 1.22. The molecule has 0 bridgehead atoms. The van der Waals surface area contributed by atoms with Crippen LogP contribution in [0.3, 0.4) is 0 Å². The molecule has 122 valence electrons. The van der Waals surface area contributed by atoms with Gasteiger partial charge in [-0.25, -0.2) is 4.18 Å². The van der Waals surface area contributed by atoms with E-state index < -0.39 is 10.4 Å². The number of carbonyl (C=O) groups excluding carboxylic acids is 1. The monoisotopic (exact) mass is 312 g/mol. The van der Waals surface area contributed by atoms with Gasteiger partial charge in [0.25, 0.3) is 0 Å². The first-order chi connectivity index (χ1) is 9.01. The van der Waals surface area contributed by atoms with Gasteiger partial charge in [0, 0.05) is 5.57 Å². The second kappa shape index (κ2) is 14.4. The molecular weight excluding hydrogens is 284 g/mol. The summed E-state index contributed by atoms with van der Waals surface area (Å²) in [5, 5.41) is 0. The summed E-state index contributed by atoms with van der Waals surface area (Å²) in [7, 11) is -0.0631. The lowest BCUT2D eigenvalue weighted by Gasteiger charge is -2.00. The standard InChI is InChI=1S/C6H11NO.C4H11N.C2H6O4S/c1-3-4-5(2)6(7)8;1-4-5(2)3;1-2-6-7(3,4)5/h2-4H2,1H3,(H2,7,8);4H2,1-3H3;2H2,1H3,(H,3,4,5). The van der Waals surface area contributed by atoms with Crippen LogP contribution < -0.4 is 5.73 Å². The van der Waals surface area contributed by atoms with Crippen LogP contribution in [0.5, 0.6) is 0 Å². The van der Waals surface area contributed by atoms with Gasteiger partial charge < -0.3 is 10.6 Å². The first-order valence-electron chi connectivity index (χ1n) is 6.25. The lowest BCUT2D eigenvalue weighted by Crippen LogP contribution is -2.12. The molecule has 0 aliphatic rings. The highest BCUT2D eigenvalue weighted by Gasteiger charge is 1.98. The molecule has 0 aliphatic heterocycles. The van der Waals surface area contributed by atoms with E-state index in [2.05, 4.69) is 36.7 Å². The predicted molar refractivity (Wildman–Crippen MR) is 80.6 cm³/mol. The normalized spacial score (nSPS) is 9.95. The van der Waals surface area contributed by atoms with Gasteiger partial charge in [-0.2, -0.15) is 8.42 Å². The van der Waals surface area contributed by atoms with Gasteiger partial charge >= 0.3 is 10.4 Å². The van der Waals surface area contributed by atoms with Crippen LogP contribution in [0.1, 0.15) is 33.6 Å². The van der Waals surface area contributed by atoms with Crippen LogP contribution in [0.25, 0.3) is 0 Å². The van der Waals surface area contributed by atoms with Crippen LogP contribution in [0.2, 0.25) is 0 Å². The molecule has 0 saturated heterocycles. The van der Waals surface area contributed by atoms with Crippen molar-refractivity contribution in [1.29, 1.82) is 0 Å². The Labute approximate surface area is 122 Å². The van der Waals surface area contributed by atoms with Gasteiger partial charge in [0.1, 0.15) is 0 Å². The smallest absolute Gasteiger partial charge is 0.366 e. The maximum absolute atomic E-state index is 10.2. The lowest BCUT2D eigenvalue weighted by molar-refractivity contribution is -0.114. The number of rotatable bonds is 6. The quantitative estimate of drug-likeness (QED) is 0.563. The Morgan fingerprint density at radius 2 is 1.70 bits per heavy atom. The van der Waals surface area contributed by atoms with Gasteiger partial charge in [0.15, 0.2) is 0 Å². The fourth-order valence-electron chi connectivity index (χ4n) is 0.574. The van der Waals surface area contributed by atoms with Crippen molar-refractivity contribution >= 4 is 16.3 Å². The Bertz CT molecular complexity index is 353. The topological polar surface area (TPSA) is 110 Å². The van der Waals surface area contributed by atoms with E-state index in [4.69, 9.17) is 10.3 Å². The zero-order chi connectivity index (χ0) is 16.8. The molecule has 0 atom stereocenters. The summed E-state index contributed by atoms with van der Waals surface area (Å²) < 4.78 is 30.7. The van der Waals surface area contributed by atoms with E-state index in [0.717, 1.165) is 19.4 Å². The molecule has 20 heavy (non-hydrogen) atoms. The zero-order valence-corrected chi connectivity index (χ0v) is 13.9. The van der Waals surface area contributed by atoms with Crippen molar-refractivity contribution in [2.45, 2.75) is 33.6 Å². The molecule has 3 N–H and O–H groups in total. The maximum atomic E-state index is 10.2. The summed E-state index contributed by atoms with van der Waals surface area (Å²) in [5.41, 5.74) is 5.40. The van der Waals surface area contributed by atoms with Crippen LogP contribution in [0, 0.1) is 0 Å². The molecule has 8 heteroatoms. The molecule has 0 aromatic carbocycles. The average molecular weight is 312 g/mol. The van der Waals surface area contributed by atoms with E-state index in [1.54, 1.807) is 0 Å².